The van der Waals surface area contributed by atoms with Gasteiger partial charge in [0, 0.05) is 34.1 Å². The molecule has 0 radical (unpaired) electrons. The number of hydrogen-bond acceptors (Lipinski definition) is 10. The fourth-order valence-corrected chi connectivity index (χ4v) is 2.60. The minimum Gasteiger partial charge on any atom is -0.463 e. The third-order valence-corrected chi connectivity index (χ3v) is 3.42. The zero-order valence-corrected chi connectivity index (χ0v) is 15.0. The van der Waals surface area contributed by atoms with Crippen LogP contribution in [-0.4, -0.2) is 67.3 Å². The van der Waals surface area contributed by atoms with Gasteiger partial charge in [0.15, 0.2) is 18.3 Å². The van der Waals surface area contributed by atoms with Gasteiger partial charge in [0.05, 0.1) is 0 Å². The van der Waals surface area contributed by atoms with Gasteiger partial charge in [0.2, 0.25) is 0 Å². The lowest BCUT2D eigenvalue weighted by molar-refractivity contribution is -0.252. The van der Waals surface area contributed by atoms with E-state index in [1.165, 1.54) is 6.92 Å². The molecule has 1 heterocycles. The maximum Gasteiger partial charge on any atom is 0.303 e. The molecule has 1 fully saturated rings. The Morgan fingerprint density at radius 2 is 1.23 bits per heavy atom. The van der Waals surface area contributed by atoms with Crippen molar-refractivity contribution >= 4 is 30.2 Å². The largest absolute Gasteiger partial charge is 0.463 e. The fraction of sp³-hybridized carbons (Fsp3) is 0.688. The molecule has 1 aliphatic heterocycles. The first-order valence-corrected chi connectivity index (χ1v) is 7.89. The molecular formula is C16H22O10. The topological polar surface area (TPSA) is 132 Å². The lowest BCUT2D eigenvalue weighted by atomic mass is 9.93. The molecule has 1 aliphatic rings. The van der Waals surface area contributed by atoms with E-state index in [9.17, 15) is 24.0 Å². The molecule has 0 bridgehead atoms. The minimum atomic E-state index is -1.24. The van der Waals surface area contributed by atoms with Crippen LogP contribution in [0.25, 0.3) is 0 Å². The molecule has 0 spiro atoms. The molecule has 146 valence electrons. The zero-order valence-electron chi connectivity index (χ0n) is 15.0. The standard InChI is InChI=1S/C16H22O10/c1-8(18)22-7-13-15(24-10(3)20)16(25-11(4)21)14(23-9(2)19)12(26-13)5-6-17/h6,12-16H,5,7H2,1-4H3/t12-,13+,14-,15+,16+/m0/s1. The monoisotopic (exact) mass is 374 g/mol. The number of carbonyl (C=O) groups is 5. The van der Waals surface area contributed by atoms with Crippen LogP contribution in [0, 0.1) is 0 Å². The van der Waals surface area contributed by atoms with E-state index >= 15 is 0 Å². The number of ether oxygens (including phenoxy) is 5. The summed E-state index contributed by atoms with van der Waals surface area (Å²) >= 11 is 0. The van der Waals surface area contributed by atoms with E-state index in [2.05, 4.69) is 0 Å². The third kappa shape index (κ3) is 6.43. The second-order valence-corrected chi connectivity index (χ2v) is 5.64. The lowest BCUT2D eigenvalue weighted by Gasteiger charge is -2.44. The number of aldehydes is 1. The Balaban J connectivity index is 3.24. The van der Waals surface area contributed by atoms with Crippen LogP contribution in [-0.2, 0) is 47.7 Å². The third-order valence-electron chi connectivity index (χ3n) is 3.42. The molecule has 10 heteroatoms. The van der Waals surface area contributed by atoms with Gasteiger partial charge in [-0.3, -0.25) is 19.2 Å². The summed E-state index contributed by atoms with van der Waals surface area (Å²) in [6.07, 6.45) is -5.26. The predicted molar refractivity (Wildman–Crippen MR) is 82.6 cm³/mol. The van der Waals surface area contributed by atoms with Crippen LogP contribution in [0.4, 0.5) is 0 Å². The first kappa shape index (κ1) is 21.6. The first-order chi connectivity index (χ1) is 12.1. The molecule has 26 heavy (non-hydrogen) atoms. The van der Waals surface area contributed by atoms with E-state index in [-0.39, 0.29) is 13.0 Å². The fourth-order valence-electron chi connectivity index (χ4n) is 2.60. The molecule has 0 N–H and O–H groups in total. The summed E-state index contributed by atoms with van der Waals surface area (Å²) in [5.74, 6) is -2.73. The molecule has 1 rings (SSSR count). The highest BCUT2D eigenvalue weighted by molar-refractivity contribution is 5.69. The van der Waals surface area contributed by atoms with Gasteiger partial charge in [-0.15, -0.1) is 0 Å². The van der Waals surface area contributed by atoms with Gasteiger partial charge < -0.3 is 28.5 Å². The first-order valence-electron chi connectivity index (χ1n) is 7.89. The van der Waals surface area contributed by atoms with E-state index in [1.54, 1.807) is 0 Å². The van der Waals surface area contributed by atoms with Gasteiger partial charge in [-0.2, -0.15) is 0 Å². The van der Waals surface area contributed by atoms with Crippen molar-refractivity contribution in [1.29, 1.82) is 0 Å². The van der Waals surface area contributed by atoms with E-state index in [1.807, 2.05) is 0 Å². The maximum absolute atomic E-state index is 11.5. The molecule has 0 aliphatic carbocycles. The van der Waals surface area contributed by atoms with Crippen LogP contribution < -0.4 is 0 Å². The van der Waals surface area contributed by atoms with Gasteiger partial charge in [-0.25, -0.2) is 0 Å². The highest BCUT2D eigenvalue weighted by atomic mass is 16.7. The Morgan fingerprint density at radius 3 is 1.65 bits per heavy atom. The summed E-state index contributed by atoms with van der Waals surface area (Å²) in [5, 5.41) is 0. The number of esters is 4. The average Bonchev–Trinajstić information content (AvgIpc) is 2.50. The second-order valence-electron chi connectivity index (χ2n) is 5.64. The van der Waals surface area contributed by atoms with E-state index < -0.39 is 54.4 Å². The van der Waals surface area contributed by atoms with Crippen molar-refractivity contribution in [3.05, 3.63) is 0 Å². The molecule has 5 atom stereocenters. The number of rotatable bonds is 7. The molecule has 0 saturated carbocycles. The van der Waals surface area contributed by atoms with Crippen LogP contribution >= 0.6 is 0 Å². The Hall–Kier alpha value is -2.49. The van der Waals surface area contributed by atoms with Gasteiger partial charge in [0.1, 0.15) is 25.1 Å². The van der Waals surface area contributed by atoms with Gasteiger partial charge in [0.25, 0.3) is 0 Å². The van der Waals surface area contributed by atoms with Crippen LogP contribution in [0.5, 0.6) is 0 Å². The molecule has 10 nitrogen and oxygen atoms in total. The minimum absolute atomic E-state index is 0.181. The summed E-state index contributed by atoms with van der Waals surface area (Å²) < 4.78 is 26.1. The quantitative estimate of drug-likeness (QED) is 0.332. The number of hydrogen-bond donors (Lipinski definition) is 0. The van der Waals surface area contributed by atoms with Gasteiger partial charge in [-0.05, 0) is 0 Å². The van der Waals surface area contributed by atoms with Crippen molar-refractivity contribution in [1.82, 2.24) is 0 Å². The van der Waals surface area contributed by atoms with E-state index in [0.29, 0.717) is 6.29 Å². The van der Waals surface area contributed by atoms with E-state index in [4.69, 9.17) is 23.7 Å². The van der Waals surface area contributed by atoms with Crippen molar-refractivity contribution in [2.45, 2.75) is 64.6 Å². The summed E-state index contributed by atoms with van der Waals surface area (Å²) in [6.45, 7) is 4.26. The maximum atomic E-state index is 11.5. The van der Waals surface area contributed by atoms with Crippen LogP contribution in [0.2, 0.25) is 0 Å². The smallest absolute Gasteiger partial charge is 0.303 e. The van der Waals surface area contributed by atoms with E-state index in [0.717, 1.165) is 20.8 Å². The Kier molecular flexibility index (Phi) is 8.17. The average molecular weight is 374 g/mol. The number of carbonyl (C=O) groups excluding carboxylic acids is 5. The van der Waals surface area contributed by atoms with Crippen molar-refractivity contribution in [3.63, 3.8) is 0 Å². The summed E-state index contributed by atoms with van der Waals surface area (Å²) in [7, 11) is 0. The van der Waals surface area contributed by atoms with Gasteiger partial charge >= 0.3 is 23.9 Å². The van der Waals surface area contributed by atoms with Crippen LogP contribution in [0.15, 0.2) is 0 Å². The Bertz CT molecular complexity index is 557. The molecule has 1 saturated heterocycles. The van der Waals surface area contributed by atoms with Crippen molar-refractivity contribution in [2.24, 2.45) is 0 Å². The molecule has 0 aromatic carbocycles. The predicted octanol–water partition coefficient (Wildman–Crippen LogP) is -0.299. The molecule has 0 aromatic heterocycles. The molecule has 0 amide bonds. The Labute approximate surface area is 150 Å². The molecule has 0 unspecified atom stereocenters. The summed E-state index contributed by atoms with van der Waals surface area (Å²) in [5.41, 5.74) is 0. The highest BCUT2D eigenvalue weighted by Gasteiger charge is 2.51. The Morgan fingerprint density at radius 1 is 0.769 bits per heavy atom. The molecule has 0 aromatic rings. The lowest BCUT2D eigenvalue weighted by Crippen LogP contribution is -2.62. The highest BCUT2D eigenvalue weighted by Crippen LogP contribution is 2.30. The van der Waals surface area contributed by atoms with Crippen molar-refractivity contribution in [2.75, 3.05) is 6.61 Å². The summed E-state index contributed by atoms with van der Waals surface area (Å²) in [6, 6.07) is 0. The van der Waals surface area contributed by atoms with Crippen molar-refractivity contribution < 1.29 is 47.7 Å². The molecular weight excluding hydrogens is 352 g/mol. The normalized spacial score (nSPS) is 27.8. The van der Waals surface area contributed by atoms with Crippen LogP contribution in [0.3, 0.4) is 0 Å². The van der Waals surface area contributed by atoms with Crippen LogP contribution in [0.1, 0.15) is 34.1 Å². The van der Waals surface area contributed by atoms with Gasteiger partial charge in [-0.1, -0.05) is 0 Å². The summed E-state index contributed by atoms with van der Waals surface area (Å²) in [4.78, 5) is 56.5. The zero-order chi connectivity index (χ0) is 19.9. The van der Waals surface area contributed by atoms with Crippen molar-refractivity contribution in [3.8, 4) is 0 Å². The second kappa shape index (κ2) is 9.85. The SMILES string of the molecule is CC(=O)OC[C@H]1O[C@@H](CC=O)[C@H](OC(C)=O)[C@@H](OC(C)=O)[C@@H]1OC(C)=O.